The van der Waals surface area contributed by atoms with Crippen LogP contribution < -0.4 is 0 Å². The van der Waals surface area contributed by atoms with Gasteiger partial charge in [-0.05, 0) is 17.7 Å². The van der Waals surface area contributed by atoms with Gasteiger partial charge in [0.15, 0.2) is 0 Å². The van der Waals surface area contributed by atoms with E-state index in [4.69, 9.17) is 16.6 Å². The van der Waals surface area contributed by atoms with Gasteiger partial charge >= 0.3 is 5.97 Å². The van der Waals surface area contributed by atoms with Crippen molar-refractivity contribution in [3.63, 3.8) is 0 Å². The van der Waals surface area contributed by atoms with E-state index in [1.54, 1.807) is 18.2 Å². The fraction of sp³-hybridized carbons (Fsp3) is 0.118. The monoisotopic (exact) mass is 359 g/mol. The summed E-state index contributed by atoms with van der Waals surface area (Å²) >= 11 is 6.32. The van der Waals surface area contributed by atoms with Gasteiger partial charge < -0.3 is 9.52 Å². The number of furan rings is 1. The summed E-state index contributed by atoms with van der Waals surface area (Å²) in [6.07, 6.45) is 3.26. The molecule has 3 rings (SSSR count). The van der Waals surface area contributed by atoms with Crippen molar-refractivity contribution in [1.82, 2.24) is 4.90 Å². The molecule has 1 aliphatic rings. The number of thioether (sulfide) groups is 1. The Morgan fingerprint density at radius 1 is 1.29 bits per heavy atom. The fourth-order valence-corrected chi connectivity index (χ4v) is 3.71. The van der Waals surface area contributed by atoms with Gasteiger partial charge in [-0.25, -0.2) is 4.79 Å². The van der Waals surface area contributed by atoms with Crippen LogP contribution in [0, 0.1) is 0 Å². The van der Waals surface area contributed by atoms with Crippen molar-refractivity contribution >= 4 is 46.3 Å². The second-order valence-corrected chi connectivity index (χ2v) is 6.79. The van der Waals surface area contributed by atoms with Crippen LogP contribution >= 0.6 is 24.0 Å². The molecule has 0 spiro atoms. The minimum Gasteiger partial charge on any atom is -0.480 e. The third-order valence-corrected chi connectivity index (χ3v) is 4.84. The Balaban J connectivity index is 1.87. The lowest BCUT2D eigenvalue weighted by Crippen LogP contribution is -2.45. The van der Waals surface area contributed by atoms with Crippen LogP contribution in [0.15, 0.2) is 58.1 Å². The molecule has 1 saturated heterocycles. The Bertz CT molecular complexity index is 799. The number of aliphatic carboxylic acids is 1. The van der Waals surface area contributed by atoms with Crippen molar-refractivity contribution in [3.05, 3.63) is 65.0 Å². The summed E-state index contributed by atoms with van der Waals surface area (Å²) in [5, 5.41) is 9.57. The zero-order valence-corrected chi connectivity index (χ0v) is 14.0. The number of amides is 1. The number of carboxylic acids is 1. The highest BCUT2D eigenvalue weighted by Crippen LogP contribution is 2.34. The minimum absolute atomic E-state index is 0.191. The third-order valence-electron chi connectivity index (χ3n) is 3.51. The summed E-state index contributed by atoms with van der Waals surface area (Å²) in [5.74, 6) is -0.982. The molecular formula is C17H13NO4S2. The van der Waals surface area contributed by atoms with Crippen LogP contribution in [0.3, 0.4) is 0 Å². The first kappa shape index (κ1) is 16.5. The van der Waals surface area contributed by atoms with Crippen LogP contribution in [-0.2, 0) is 16.0 Å². The van der Waals surface area contributed by atoms with Gasteiger partial charge in [0.2, 0.25) is 0 Å². The first-order chi connectivity index (χ1) is 11.6. The van der Waals surface area contributed by atoms with Gasteiger partial charge in [0.05, 0.1) is 11.2 Å². The zero-order valence-electron chi connectivity index (χ0n) is 12.4. The summed E-state index contributed by atoms with van der Waals surface area (Å²) in [6, 6.07) is 11.5. The summed E-state index contributed by atoms with van der Waals surface area (Å²) in [5.41, 5.74) is 0.828. The van der Waals surface area contributed by atoms with Crippen LogP contribution in [0.2, 0.25) is 0 Å². The molecular weight excluding hydrogens is 346 g/mol. The molecule has 0 saturated carbocycles. The van der Waals surface area contributed by atoms with Crippen molar-refractivity contribution in [2.75, 3.05) is 0 Å². The number of carboxylic acid groups (broad SMARTS) is 1. The van der Waals surface area contributed by atoms with Crippen LogP contribution in [0.5, 0.6) is 0 Å². The Morgan fingerprint density at radius 3 is 2.67 bits per heavy atom. The van der Waals surface area contributed by atoms with E-state index in [0.29, 0.717) is 10.7 Å². The van der Waals surface area contributed by atoms with E-state index in [0.717, 1.165) is 17.3 Å². The largest absolute Gasteiger partial charge is 0.480 e. The van der Waals surface area contributed by atoms with Crippen molar-refractivity contribution in [3.8, 4) is 0 Å². The van der Waals surface area contributed by atoms with Gasteiger partial charge in [-0.3, -0.25) is 9.69 Å². The topological polar surface area (TPSA) is 70.8 Å². The molecule has 1 amide bonds. The molecule has 122 valence electrons. The molecule has 1 N–H and O–H groups in total. The van der Waals surface area contributed by atoms with Gasteiger partial charge in [0.25, 0.3) is 5.91 Å². The van der Waals surface area contributed by atoms with Crippen molar-refractivity contribution < 1.29 is 19.1 Å². The highest BCUT2D eigenvalue weighted by Gasteiger charge is 2.40. The molecule has 1 aromatic carbocycles. The molecule has 0 bridgehead atoms. The third kappa shape index (κ3) is 3.42. The Kier molecular flexibility index (Phi) is 4.82. The Morgan fingerprint density at radius 2 is 2.04 bits per heavy atom. The molecule has 5 nitrogen and oxygen atoms in total. The molecule has 1 atom stereocenters. The summed E-state index contributed by atoms with van der Waals surface area (Å²) in [6.45, 7) is 0. The van der Waals surface area contributed by atoms with E-state index < -0.39 is 17.9 Å². The van der Waals surface area contributed by atoms with Crippen LogP contribution in [0.4, 0.5) is 0 Å². The summed E-state index contributed by atoms with van der Waals surface area (Å²) in [7, 11) is 0. The highest BCUT2D eigenvalue weighted by molar-refractivity contribution is 8.26. The average molecular weight is 359 g/mol. The highest BCUT2D eigenvalue weighted by atomic mass is 32.2. The number of carbonyl (C=O) groups is 2. The van der Waals surface area contributed by atoms with E-state index >= 15 is 0 Å². The van der Waals surface area contributed by atoms with Gasteiger partial charge in [-0.1, -0.05) is 54.3 Å². The summed E-state index contributed by atoms with van der Waals surface area (Å²) in [4.78, 5) is 25.9. The van der Waals surface area contributed by atoms with Gasteiger partial charge in [-0.15, -0.1) is 0 Å². The Labute approximate surface area is 148 Å². The second-order valence-electron chi connectivity index (χ2n) is 5.11. The van der Waals surface area contributed by atoms with Crippen molar-refractivity contribution in [2.45, 2.75) is 12.5 Å². The second kappa shape index (κ2) is 7.02. The van der Waals surface area contributed by atoms with Crippen LogP contribution in [0.25, 0.3) is 6.08 Å². The number of thiocarbonyl (C=S) groups is 1. The van der Waals surface area contributed by atoms with Crippen LogP contribution in [-0.4, -0.2) is 32.2 Å². The minimum atomic E-state index is -1.09. The van der Waals surface area contributed by atoms with Gasteiger partial charge in [0, 0.05) is 12.5 Å². The van der Waals surface area contributed by atoms with Gasteiger partial charge in [0.1, 0.15) is 16.1 Å². The average Bonchev–Trinajstić information content (AvgIpc) is 3.16. The molecule has 0 aliphatic carbocycles. The number of hydrogen-bond donors (Lipinski definition) is 1. The van der Waals surface area contributed by atoms with Crippen molar-refractivity contribution in [1.29, 1.82) is 0 Å². The molecule has 2 aromatic rings. The molecule has 7 heteroatoms. The number of carbonyl (C=O) groups excluding carboxylic acids is 1. The molecule has 2 heterocycles. The maximum absolute atomic E-state index is 12.6. The van der Waals surface area contributed by atoms with Gasteiger partial charge in [-0.2, -0.15) is 0 Å². The van der Waals surface area contributed by atoms with Crippen molar-refractivity contribution in [2.24, 2.45) is 0 Å². The number of nitrogens with zero attached hydrogens (tertiary/aromatic N) is 1. The fourth-order valence-electron chi connectivity index (χ4n) is 2.38. The SMILES string of the molecule is O=C(O)C(Cc1ccccc1)N1C(=O)/C(=C/c2ccco2)SC1=S. The van der Waals surface area contributed by atoms with E-state index in [1.807, 2.05) is 30.3 Å². The maximum Gasteiger partial charge on any atom is 0.327 e. The standard InChI is InChI=1S/C17H13NO4S2/c19-15-14(10-12-7-4-8-22-12)24-17(23)18(15)13(16(20)21)9-11-5-2-1-3-6-11/h1-8,10,13H,9H2,(H,20,21)/b14-10-. The normalized spacial score (nSPS) is 17.5. The molecule has 1 unspecified atom stereocenters. The molecule has 1 aliphatic heterocycles. The maximum atomic E-state index is 12.6. The van der Waals surface area contributed by atoms with E-state index in [-0.39, 0.29) is 10.7 Å². The summed E-state index contributed by atoms with van der Waals surface area (Å²) < 4.78 is 5.43. The molecule has 1 aromatic heterocycles. The number of hydrogen-bond acceptors (Lipinski definition) is 5. The van der Waals surface area contributed by atoms with Crippen LogP contribution in [0.1, 0.15) is 11.3 Å². The molecule has 1 fully saturated rings. The van der Waals surface area contributed by atoms with E-state index in [1.165, 1.54) is 11.2 Å². The predicted octanol–water partition coefficient (Wildman–Crippen LogP) is 3.18. The lowest BCUT2D eigenvalue weighted by atomic mass is 10.0. The molecule has 0 radical (unpaired) electrons. The number of rotatable bonds is 5. The van der Waals surface area contributed by atoms with E-state index in [9.17, 15) is 14.7 Å². The lowest BCUT2D eigenvalue weighted by Gasteiger charge is -2.23. The first-order valence-corrected chi connectivity index (χ1v) is 8.36. The quantitative estimate of drug-likeness (QED) is 0.653. The molecule has 24 heavy (non-hydrogen) atoms. The lowest BCUT2D eigenvalue weighted by molar-refractivity contribution is -0.145. The zero-order chi connectivity index (χ0) is 17.1. The number of benzene rings is 1. The smallest absolute Gasteiger partial charge is 0.327 e. The predicted molar refractivity (Wildman–Crippen MR) is 95.3 cm³/mol. The first-order valence-electron chi connectivity index (χ1n) is 7.13. The Hall–Kier alpha value is -2.38. The van der Waals surface area contributed by atoms with E-state index in [2.05, 4.69) is 0 Å².